The van der Waals surface area contributed by atoms with E-state index in [1.807, 2.05) is 0 Å². The molecule has 2 rings (SSSR count). The molecule has 0 amide bonds. The second-order valence-electron chi connectivity index (χ2n) is 4.08. The molecule has 0 heterocycles. The molecule has 0 unspecified atom stereocenters. The third-order valence-electron chi connectivity index (χ3n) is 2.70. The van der Waals surface area contributed by atoms with E-state index in [-0.39, 0.29) is 0 Å². The Morgan fingerprint density at radius 3 is 1.47 bits per heavy atom. The molecule has 2 aromatic carbocycles. The molecule has 0 N–H and O–H groups in total. The molecule has 0 aliphatic rings. The molecule has 0 aliphatic carbocycles. The largest absolute Gasteiger partial charge is 0.0876 e. The molecular weight excluding hydrogens is 340 g/mol. The van der Waals surface area contributed by atoms with Crippen molar-refractivity contribution in [3.63, 3.8) is 0 Å². The summed E-state index contributed by atoms with van der Waals surface area (Å²) in [5.41, 5.74) is 5.40. The predicted octanol–water partition coefficient (Wildman–Crippen LogP) is 5.07. The number of hydrogen-bond acceptors (Lipinski definition) is 0. The Hall–Kier alpha value is -0.600. The lowest BCUT2D eigenvalue weighted by atomic mass is 10.0. The first-order valence-electron chi connectivity index (χ1n) is 5.59. The number of benzene rings is 2. The lowest BCUT2D eigenvalue weighted by molar-refractivity contribution is 1.17. The van der Waals surface area contributed by atoms with Crippen LogP contribution in [0.4, 0.5) is 0 Å². The SMILES string of the molecule is BrCc1cccc(Cc2cccc(CBr)c2)c1. The first kappa shape index (κ1) is 12.8. The molecule has 17 heavy (non-hydrogen) atoms. The van der Waals surface area contributed by atoms with Gasteiger partial charge >= 0.3 is 0 Å². The Kier molecular flexibility index (Phi) is 4.81. The van der Waals surface area contributed by atoms with Gasteiger partial charge in [-0.3, -0.25) is 0 Å². The molecule has 0 nitrogen and oxygen atoms in total. The van der Waals surface area contributed by atoms with Crippen molar-refractivity contribution < 1.29 is 0 Å². The van der Waals surface area contributed by atoms with E-state index in [0.29, 0.717) is 0 Å². The maximum Gasteiger partial charge on any atom is 0.0283 e. The standard InChI is InChI=1S/C15H14Br2/c16-10-14-5-1-3-12(8-14)7-13-4-2-6-15(9-13)11-17/h1-6,8-9H,7,10-11H2. The maximum absolute atomic E-state index is 3.49. The average Bonchev–Trinajstić information content (AvgIpc) is 2.39. The Labute approximate surface area is 119 Å². The van der Waals surface area contributed by atoms with E-state index in [1.54, 1.807) is 0 Å². The van der Waals surface area contributed by atoms with Crippen LogP contribution in [0.1, 0.15) is 22.3 Å². The molecule has 0 bridgehead atoms. The molecule has 0 radical (unpaired) electrons. The van der Waals surface area contributed by atoms with Crippen LogP contribution in [0, 0.1) is 0 Å². The summed E-state index contributed by atoms with van der Waals surface area (Å²) in [5.74, 6) is 0. The van der Waals surface area contributed by atoms with Crippen LogP contribution in [0.5, 0.6) is 0 Å². The molecule has 2 aromatic rings. The van der Waals surface area contributed by atoms with Gasteiger partial charge in [0.15, 0.2) is 0 Å². The minimum absolute atomic E-state index is 0.919. The highest BCUT2D eigenvalue weighted by molar-refractivity contribution is 9.08. The summed E-state index contributed by atoms with van der Waals surface area (Å²) in [6.45, 7) is 0. The third-order valence-corrected chi connectivity index (χ3v) is 3.99. The van der Waals surface area contributed by atoms with E-state index in [2.05, 4.69) is 80.4 Å². The summed E-state index contributed by atoms with van der Waals surface area (Å²) in [7, 11) is 0. The van der Waals surface area contributed by atoms with Crippen LogP contribution in [0.3, 0.4) is 0 Å². The van der Waals surface area contributed by atoms with Gasteiger partial charge in [-0.1, -0.05) is 80.4 Å². The average molecular weight is 354 g/mol. The molecule has 0 saturated heterocycles. The predicted molar refractivity (Wildman–Crippen MR) is 81.0 cm³/mol. The fourth-order valence-corrected chi connectivity index (χ4v) is 2.58. The quantitative estimate of drug-likeness (QED) is 0.673. The number of rotatable bonds is 4. The van der Waals surface area contributed by atoms with Crippen molar-refractivity contribution in [2.75, 3.05) is 0 Å². The van der Waals surface area contributed by atoms with E-state index in [1.165, 1.54) is 22.3 Å². The minimum atomic E-state index is 0.919. The lowest BCUT2D eigenvalue weighted by Crippen LogP contribution is -1.90. The molecule has 0 aromatic heterocycles. The van der Waals surface area contributed by atoms with Crippen molar-refractivity contribution in [3.05, 3.63) is 70.8 Å². The summed E-state index contributed by atoms with van der Waals surface area (Å²) in [6.07, 6.45) is 1.00. The fraction of sp³-hybridized carbons (Fsp3) is 0.200. The van der Waals surface area contributed by atoms with Crippen molar-refractivity contribution in [2.24, 2.45) is 0 Å². The van der Waals surface area contributed by atoms with Crippen molar-refractivity contribution in [1.82, 2.24) is 0 Å². The van der Waals surface area contributed by atoms with E-state index in [9.17, 15) is 0 Å². The Balaban J connectivity index is 2.18. The minimum Gasteiger partial charge on any atom is -0.0876 e. The smallest absolute Gasteiger partial charge is 0.0283 e. The number of halogens is 2. The molecular formula is C15H14Br2. The molecule has 0 fully saturated rings. The van der Waals surface area contributed by atoms with Crippen LogP contribution < -0.4 is 0 Å². The van der Waals surface area contributed by atoms with E-state index < -0.39 is 0 Å². The van der Waals surface area contributed by atoms with Crippen molar-refractivity contribution in [1.29, 1.82) is 0 Å². The maximum atomic E-state index is 3.49. The van der Waals surface area contributed by atoms with Crippen molar-refractivity contribution >= 4 is 31.9 Å². The fourth-order valence-electron chi connectivity index (χ4n) is 1.88. The van der Waals surface area contributed by atoms with Gasteiger partial charge in [0, 0.05) is 10.7 Å². The summed E-state index contributed by atoms with van der Waals surface area (Å²) < 4.78 is 0. The van der Waals surface area contributed by atoms with Gasteiger partial charge in [-0.15, -0.1) is 0 Å². The van der Waals surface area contributed by atoms with Gasteiger partial charge in [0.1, 0.15) is 0 Å². The van der Waals surface area contributed by atoms with Gasteiger partial charge in [0.05, 0.1) is 0 Å². The van der Waals surface area contributed by atoms with Crippen molar-refractivity contribution in [2.45, 2.75) is 17.1 Å². The summed E-state index contributed by atoms with van der Waals surface area (Å²) in [6, 6.07) is 17.4. The summed E-state index contributed by atoms with van der Waals surface area (Å²) in [5, 5.41) is 1.84. The van der Waals surface area contributed by atoms with Gasteiger partial charge in [-0.05, 0) is 28.7 Å². The summed E-state index contributed by atoms with van der Waals surface area (Å²) >= 11 is 6.99. The topological polar surface area (TPSA) is 0 Å². The van der Waals surface area contributed by atoms with E-state index in [0.717, 1.165) is 17.1 Å². The van der Waals surface area contributed by atoms with Crippen LogP contribution in [0.25, 0.3) is 0 Å². The van der Waals surface area contributed by atoms with Crippen LogP contribution in [-0.4, -0.2) is 0 Å². The Morgan fingerprint density at radius 2 is 1.06 bits per heavy atom. The normalized spacial score (nSPS) is 10.5. The van der Waals surface area contributed by atoms with Crippen LogP contribution in [-0.2, 0) is 17.1 Å². The van der Waals surface area contributed by atoms with Crippen molar-refractivity contribution in [3.8, 4) is 0 Å². The monoisotopic (exact) mass is 352 g/mol. The molecule has 0 atom stereocenters. The van der Waals surface area contributed by atoms with Crippen LogP contribution in [0.15, 0.2) is 48.5 Å². The van der Waals surface area contributed by atoms with Crippen LogP contribution >= 0.6 is 31.9 Å². The first-order valence-corrected chi connectivity index (χ1v) is 7.83. The van der Waals surface area contributed by atoms with Gasteiger partial charge in [0.2, 0.25) is 0 Å². The Morgan fingerprint density at radius 1 is 0.647 bits per heavy atom. The molecule has 0 saturated carbocycles. The third kappa shape index (κ3) is 3.68. The first-order chi connectivity index (χ1) is 8.31. The van der Waals surface area contributed by atoms with E-state index in [4.69, 9.17) is 0 Å². The molecule has 0 aliphatic heterocycles. The van der Waals surface area contributed by atoms with Gasteiger partial charge < -0.3 is 0 Å². The summed E-state index contributed by atoms with van der Waals surface area (Å²) in [4.78, 5) is 0. The second-order valence-corrected chi connectivity index (χ2v) is 5.21. The zero-order valence-corrected chi connectivity index (χ0v) is 12.7. The lowest BCUT2D eigenvalue weighted by Gasteiger charge is -2.05. The Bertz CT molecular complexity index is 446. The number of alkyl halides is 2. The number of hydrogen-bond donors (Lipinski definition) is 0. The van der Waals surface area contributed by atoms with Gasteiger partial charge in [0.25, 0.3) is 0 Å². The molecule has 88 valence electrons. The highest BCUT2D eigenvalue weighted by Gasteiger charge is 1.99. The second kappa shape index (κ2) is 6.36. The van der Waals surface area contributed by atoms with Gasteiger partial charge in [-0.2, -0.15) is 0 Å². The highest BCUT2D eigenvalue weighted by Crippen LogP contribution is 2.15. The molecule has 2 heteroatoms. The zero-order valence-electron chi connectivity index (χ0n) is 9.50. The molecule has 0 spiro atoms. The van der Waals surface area contributed by atoms with Gasteiger partial charge in [-0.25, -0.2) is 0 Å². The van der Waals surface area contributed by atoms with Crippen LogP contribution in [0.2, 0.25) is 0 Å². The van der Waals surface area contributed by atoms with E-state index >= 15 is 0 Å². The highest BCUT2D eigenvalue weighted by atomic mass is 79.9. The zero-order chi connectivity index (χ0) is 12.1.